The van der Waals surface area contributed by atoms with E-state index in [1.165, 1.54) is 24.2 Å². The highest BCUT2D eigenvalue weighted by Crippen LogP contribution is 2.28. The highest BCUT2D eigenvalue weighted by atomic mass is 32.2. The molecule has 0 radical (unpaired) electrons. The van der Waals surface area contributed by atoms with Crippen molar-refractivity contribution in [3.05, 3.63) is 90.0 Å². The number of hydrogen-bond acceptors (Lipinski definition) is 5. The Morgan fingerprint density at radius 2 is 1.59 bits per heavy atom. The van der Waals surface area contributed by atoms with Gasteiger partial charge in [0.25, 0.3) is 0 Å². The minimum absolute atomic E-state index is 0.0111. The third-order valence-electron chi connectivity index (χ3n) is 4.87. The largest absolute Gasteiger partial charge is 0.325 e. The molecule has 0 unspecified atom stereocenters. The second-order valence-electron chi connectivity index (χ2n) is 7.31. The number of para-hydroxylation sites is 1. The van der Waals surface area contributed by atoms with Crippen LogP contribution in [0.15, 0.2) is 84.0 Å². The molecule has 0 bridgehead atoms. The van der Waals surface area contributed by atoms with E-state index in [4.69, 9.17) is 0 Å². The van der Waals surface area contributed by atoms with Gasteiger partial charge in [0.2, 0.25) is 5.91 Å². The van der Waals surface area contributed by atoms with Crippen LogP contribution in [0.25, 0.3) is 17.1 Å². The predicted molar refractivity (Wildman–Crippen MR) is 127 cm³/mol. The van der Waals surface area contributed by atoms with Crippen LogP contribution in [0, 0.1) is 6.92 Å². The molecule has 32 heavy (non-hydrogen) atoms. The van der Waals surface area contributed by atoms with Gasteiger partial charge in [0, 0.05) is 22.5 Å². The number of thioether (sulfide) groups is 1. The van der Waals surface area contributed by atoms with Crippen molar-refractivity contribution < 1.29 is 9.59 Å². The molecular formula is C25H22N4O2S. The number of hydrogen-bond donors (Lipinski definition) is 1. The summed E-state index contributed by atoms with van der Waals surface area (Å²) in [7, 11) is 0. The number of carbonyl (C=O) groups is 2. The summed E-state index contributed by atoms with van der Waals surface area (Å²) in [6.45, 7) is 3.55. The first-order chi connectivity index (χ1) is 15.5. The molecule has 1 N–H and O–H groups in total. The normalized spacial score (nSPS) is 10.7. The lowest BCUT2D eigenvalue weighted by Gasteiger charge is -2.11. The van der Waals surface area contributed by atoms with Gasteiger partial charge in [-0.25, -0.2) is 0 Å². The topological polar surface area (TPSA) is 76.9 Å². The molecule has 1 heterocycles. The van der Waals surface area contributed by atoms with E-state index in [0.29, 0.717) is 16.4 Å². The Morgan fingerprint density at radius 3 is 2.25 bits per heavy atom. The van der Waals surface area contributed by atoms with E-state index in [0.717, 1.165) is 17.1 Å². The molecule has 6 nitrogen and oxygen atoms in total. The summed E-state index contributed by atoms with van der Waals surface area (Å²) in [6, 6.07) is 24.8. The van der Waals surface area contributed by atoms with Crippen LogP contribution in [0.2, 0.25) is 0 Å². The molecule has 3 aromatic carbocycles. The monoisotopic (exact) mass is 442 g/mol. The summed E-state index contributed by atoms with van der Waals surface area (Å²) in [5, 5.41) is 12.3. The minimum atomic E-state index is -0.162. The van der Waals surface area contributed by atoms with Crippen molar-refractivity contribution in [2.45, 2.75) is 19.0 Å². The van der Waals surface area contributed by atoms with Crippen LogP contribution in [0.5, 0.6) is 0 Å². The lowest BCUT2D eigenvalue weighted by molar-refractivity contribution is -0.113. The van der Waals surface area contributed by atoms with Crippen molar-refractivity contribution in [2.24, 2.45) is 0 Å². The number of rotatable bonds is 7. The second-order valence-corrected chi connectivity index (χ2v) is 8.26. The van der Waals surface area contributed by atoms with Crippen molar-refractivity contribution in [3.8, 4) is 17.1 Å². The maximum atomic E-state index is 12.5. The minimum Gasteiger partial charge on any atom is -0.325 e. The van der Waals surface area contributed by atoms with Gasteiger partial charge in [-0.15, -0.1) is 10.2 Å². The van der Waals surface area contributed by atoms with Crippen molar-refractivity contribution in [1.82, 2.24) is 14.8 Å². The standard InChI is InChI=1S/C25H22N4O2S/c1-17-8-10-20(11-9-17)24-27-28-25(29(24)22-6-4-3-5-7-22)32-16-23(31)26-21-14-12-19(13-15-21)18(2)30/h3-15H,16H2,1-2H3,(H,26,31). The van der Waals surface area contributed by atoms with Gasteiger partial charge < -0.3 is 5.32 Å². The molecule has 0 saturated heterocycles. The van der Waals surface area contributed by atoms with E-state index < -0.39 is 0 Å². The summed E-state index contributed by atoms with van der Waals surface area (Å²) in [5.41, 5.74) is 4.30. The molecule has 7 heteroatoms. The summed E-state index contributed by atoms with van der Waals surface area (Å²) in [6.07, 6.45) is 0. The molecule has 160 valence electrons. The van der Waals surface area contributed by atoms with Gasteiger partial charge in [-0.3, -0.25) is 14.2 Å². The summed E-state index contributed by atoms with van der Waals surface area (Å²) < 4.78 is 1.96. The number of aryl methyl sites for hydroxylation is 1. The van der Waals surface area contributed by atoms with Gasteiger partial charge in [0.05, 0.1) is 5.75 Å². The zero-order valence-corrected chi connectivity index (χ0v) is 18.6. The lowest BCUT2D eigenvalue weighted by atomic mass is 10.1. The highest BCUT2D eigenvalue weighted by molar-refractivity contribution is 7.99. The molecule has 1 amide bonds. The van der Waals surface area contributed by atoms with Crippen LogP contribution in [0.3, 0.4) is 0 Å². The van der Waals surface area contributed by atoms with E-state index in [-0.39, 0.29) is 17.4 Å². The number of aromatic nitrogens is 3. The van der Waals surface area contributed by atoms with Crippen molar-refractivity contribution in [2.75, 3.05) is 11.1 Å². The number of ketones is 1. The molecule has 1 aromatic heterocycles. The van der Waals surface area contributed by atoms with Crippen molar-refractivity contribution in [1.29, 1.82) is 0 Å². The predicted octanol–water partition coefficient (Wildman–Crippen LogP) is 5.18. The van der Waals surface area contributed by atoms with Gasteiger partial charge in [-0.2, -0.15) is 0 Å². The maximum Gasteiger partial charge on any atom is 0.234 e. The van der Waals surface area contributed by atoms with Crippen LogP contribution in [0.1, 0.15) is 22.8 Å². The van der Waals surface area contributed by atoms with E-state index in [1.807, 2.05) is 66.1 Å². The molecule has 4 rings (SSSR count). The molecule has 0 atom stereocenters. The number of nitrogens with zero attached hydrogens (tertiary/aromatic N) is 3. The average Bonchev–Trinajstić information content (AvgIpc) is 3.23. The van der Waals surface area contributed by atoms with E-state index in [1.54, 1.807) is 24.3 Å². The molecule has 0 spiro atoms. The Labute approximate surface area is 190 Å². The summed E-state index contributed by atoms with van der Waals surface area (Å²) in [5.74, 6) is 0.722. The second kappa shape index (κ2) is 9.62. The third kappa shape index (κ3) is 4.95. The number of nitrogens with one attached hydrogen (secondary N) is 1. The Kier molecular flexibility index (Phi) is 6.47. The Bertz CT molecular complexity index is 1230. The molecule has 0 saturated carbocycles. The van der Waals surface area contributed by atoms with Crippen LogP contribution in [0.4, 0.5) is 5.69 Å². The van der Waals surface area contributed by atoms with Gasteiger partial charge in [-0.05, 0) is 50.2 Å². The molecule has 0 aliphatic rings. The van der Waals surface area contributed by atoms with E-state index in [2.05, 4.69) is 15.5 Å². The fourth-order valence-corrected chi connectivity index (χ4v) is 3.93. The quantitative estimate of drug-likeness (QED) is 0.315. The van der Waals surface area contributed by atoms with Crippen LogP contribution in [-0.4, -0.2) is 32.2 Å². The first-order valence-corrected chi connectivity index (χ1v) is 11.1. The van der Waals surface area contributed by atoms with Crippen LogP contribution in [-0.2, 0) is 4.79 Å². The fourth-order valence-electron chi connectivity index (χ4n) is 3.18. The first-order valence-electron chi connectivity index (χ1n) is 10.1. The average molecular weight is 443 g/mol. The summed E-state index contributed by atoms with van der Waals surface area (Å²) >= 11 is 1.32. The molecule has 0 aliphatic carbocycles. The van der Waals surface area contributed by atoms with Gasteiger partial charge in [0.15, 0.2) is 16.8 Å². The van der Waals surface area contributed by atoms with Gasteiger partial charge in [0.1, 0.15) is 0 Å². The molecule has 4 aromatic rings. The van der Waals surface area contributed by atoms with E-state index in [9.17, 15) is 9.59 Å². The van der Waals surface area contributed by atoms with Crippen molar-refractivity contribution >= 4 is 29.1 Å². The Balaban J connectivity index is 1.53. The smallest absolute Gasteiger partial charge is 0.234 e. The lowest BCUT2D eigenvalue weighted by Crippen LogP contribution is -2.14. The number of Topliss-reactive ketones (excluding diaryl/α,β-unsaturated/α-hetero) is 1. The van der Waals surface area contributed by atoms with Crippen LogP contribution < -0.4 is 5.32 Å². The zero-order valence-electron chi connectivity index (χ0n) is 17.8. The number of benzene rings is 3. The highest BCUT2D eigenvalue weighted by Gasteiger charge is 2.17. The fraction of sp³-hybridized carbons (Fsp3) is 0.120. The molecular weight excluding hydrogens is 420 g/mol. The van der Waals surface area contributed by atoms with Crippen molar-refractivity contribution in [3.63, 3.8) is 0 Å². The first kappa shape index (κ1) is 21.5. The van der Waals surface area contributed by atoms with E-state index >= 15 is 0 Å². The third-order valence-corrected chi connectivity index (χ3v) is 5.79. The SMILES string of the molecule is CC(=O)c1ccc(NC(=O)CSc2nnc(-c3ccc(C)cc3)n2-c2ccccc2)cc1. The van der Waals surface area contributed by atoms with Gasteiger partial charge >= 0.3 is 0 Å². The number of carbonyl (C=O) groups excluding carboxylic acids is 2. The molecule has 0 aliphatic heterocycles. The maximum absolute atomic E-state index is 12.5. The van der Waals surface area contributed by atoms with Gasteiger partial charge in [-0.1, -0.05) is 59.8 Å². The number of amides is 1. The number of anilines is 1. The van der Waals surface area contributed by atoms with Crippen LogP contribution >= 0.6 is 11.8 Å². The summed E-state index contributed by atoms with van der Waals surface area (Å²) in [4.78, 5) is 23.9. The molecule has 0 fully saturated rings. The Morgan fingerprint density at radius 1 is 0.906 bits per heavy atom. The zero-order chi connectivity index (χ0) is 22.5. The Hall–Kier alpha value is -3.71.